The number of aliphatic carboxylic acids is 1. The molecule has 1 atom stereocenters. The van der Waals surface area contributed by atoms with Gasteiger partial charge < -0.3 is 10.0 Å². The molecule has 0 radical (unpaired) electrons. The van der Waals surface area contributed by atoms with E-state index < -0.39 is 5.97 Å². The minimum absolute atomic E-state index is 0.305. The second-order valence-electron chi connectivity index (χ2n) is 6.13. The number of nitrogens with zero attached hydrogens (tertiary/aromatic N) is 4. The fourth-order valence-corrected chi connectivity index (χ4v) is 3.44. The van der Waals surface area contributed by atoms with Gasteiger partial charge in [-0.1, -0.05) is 6.07 Å². The smallest absolute Gasteiger partial charge is 0.308 e. The van der Waals surface area contributed by atoms with Crippen molar-refractivity contribution in [1.82, 2.24) is 15.0 Å². The van der Waals surface area contributed by atoms with Gasteiger partial charge in [-0.05, 0) is 37.8 Å². The van der Waals surface area contributed by atoms with Crippen molar-refractivity contribution < 1.29 is 9.90 Å². The van der Waals surface area contributed by atoms with Gasteiger partial charge in [0.1, 0.15) is 11.5 Å². The Labute approximate surface area is 134 Å². The molecule has 1 saturated heterocycles. The minimum Gasteiger partial charge on any atom is -0.481 e. The number of pyridine rings is 1. The molecule has 1 unspecified atom stereocenters. The molecule has 1 fully saturated rings. The Kier molecular flexibility index (Phi) is 3.44. The third-order valence-corrected chi connectivity index (χ3v) is 4.64. The normalized spacial score (nSPS) is 19.8. The van der Waals surface area contributed by atoms with E-state index in [1.54, 1.807) is 6.20 Å². The minimum atomic E-state index is -0.719. The summed E-state index contributed by atoms with van der Waals surface area (Å²) in [7, 11) is 0. The van der Waals surface area contributed by atoms with Gasteiger partial charge in [-0.3, -0.25) is 9.78 Å². The molecule has 1 N–H and O–H groups in total. The Morgan fingerprint density at radius 3 is 2.91 bits per heavy atom. The van der Waals surface area contributed by atoms with Crippen LogP contribution in [0.5, 0.6) is 0 Å². The fraction of sp³-hybridized carbons (Fsp3) is 0.412. The van der Waals surface area contributed by atoms with Crippen LogP contribution in [-0.4, -0.2) is 39.1 Å². The van der Waals surface area contributed by atoms with Gasteiger partial charge >= 0.3 is 5.97 Å². The highest BCUT2D eigenvalue weighted by Crippen LogP contribution is 2.33. The second-order valence-corrected chi connectivity index (χ2v) is 6.13. The van der Waals surface area contributed by atoms with E-state index in [9.17, 15) is 9.90 Å². The zero-order valence-electron chi connectivity index (χ0n) is 12.8. The van der Waals surface area contributed by atoms with Crippen molar-refractivity contribution in [3.63, 3.8) is 0 Å². The van der Waals surface area contributed by atoms with Gasteiger partial charge in [0.15, 0.2) is 5.82 Å². The quantitative estimate of drug-likeness (QED) is 0.933. The van der Waals surface area contributed by atoms with Gasteiger partial charge in [0.05, 0.1) is 5.92 Å². The van der Waals surface area contributed by atoms with Crippen molar-refractivity contribution in [3.05, 3.63) is 35.7 Å². The SMILES string of the molecule is O=C(O)C1CCN(c2nc(-c3ccccn3)nc3c2CCC3)C1. The Hall–Kier alpha value is -2.50. The van der Waals surface area contributed by atoms with Gasteiger partial charge in [-0.15, -0.1) is 0 Å². The van der Waals surface area contributed by atoms with E-state index in [0.717, 1.165) is 43.0 Å². The van der Waals surface area contributed by atoms with E-state index in [2.05, 4.69) is 9.88 Å². The molecule has 3 heterocycles. The summed E-state index contributed by atoms with van der Waals surface area (Å²) in [6.45, 7) is 1.27. The molecule has 0 aromatic carbocycles. The number of carbonyl (C=O) groups is 1. The van der Waals surface area contributed by atoms with Gasteiger partial charge in [0, 0.05) is 30.5 Å². The summed E-state index contributed by atoms with van der Waals surface area (Å²) in [6.07, 6.45) is 5.43. The third kappa shape index (κ3) is 2.54. The summed E-state index contributed by atoms with van der Waals surface area (Å²) in [4.78, 5) is 27.1. The van der Waals surface area contributed by atoms with Crippen LogP contribution in [0.4, 0.5) is 5.82 Å². The van der Waals surface area contributed by atoms with Crippen LogP contribution in [0, 0.1) is 5.92 Å². The average molecular weight is 310 g/mol. The predicted molar refractivity (Wildman–Crippen MR) is 85.2 cm³/mol. The number of fused-ring (bicyclic) bond motifs is 1. The zero-order valence-corrected chi connectivity index (χ0v) is 12.8. The topological polar surface area (TPSA) is 79.2 Å². The maximum absolute atomic E-state index is 11.2. The van der Waals surface area contributed by atoms with Crippen LogP contribution in [-0.2, 0) is 17.6 Å². The molecule has 6 nitrogen and oxygen atoms in total. The van der Waals surface area contributed by atoms with Crippen molar-refractivity contribution in [3.8, 4) is 11.5 Å². The summed E-state index contributed by atoms with van der Waals surface area (Å²) in [5.41, 5.74) is 3.04. The number of hydrogen-bond acceptors (Lipinski definition) is 5. The number of carboxylic acids is 1. The molecule has 2 aromatic heterocycles. The van der Waals surface area contributed by atoms with Crippen LogP contribution in [0.15, 0.2) is 24.4 Å². The molecular weight excluding hydrogens is 292 g/mol. The molecule has 2 aromatic rings. The summed E-state index contributed by atoms with van der Waals surface area (Å²) in [6, 6.07) is 5.70. The number of rotatable bonds is 3. The highest BCUT2D eigenvalue weighted by molar-refractivity contribution is 5.72. The Morgan fingerprint density at radius 2 is 2.17 bits per heavy atom. The predicted octanol–water partition coefficient (Wildman–Crippen LogP) is 1.94. The Balaban J connectivity index is 1.74. The third-order valence-electron chi connectivity index (χ3n) is 4.64. The number of aryl methyl sites for hydroxylation is 1. The van der Waals surface area contributed by atoms with Gasteiger partial charge in [0.25, 0.3) is 0 Å². The molecule has 118 valence electrons. The standard InChI is InChI=1S/C17H18N4O2/c22-17(23)11-7-9-21(10-11)16-12-4-3-6-13(12)19-15(20-16)14-5-1-2-8-18-14/h1-2,5,8,11H,3-4,6-7,9-10H2,(H,22,23). The van der Waals surface area contributed by atoms with Gasteiger partial charge in [-0.25, -0.2) is 9.97 Å². The van der Waals surface area contributed by atoms with Crippen LogP contribution in [0.2, 0.25) is 0 Å². The van der Waals surface area contributed by atoms with Crippen LogP contribution < -0.4 is 4.90 Å². The number of anilines is 1. The molecule has 0 bridgehead atoms. The summed E-state index contributed by atoms with van der Waals surface area (Å²) < 4.78 is 0. The highest BCUT2D eigenvalue weighted by Gasteiger charge is 2.32. The van der Waals surface area contributed by atoms with Crippen LogP contribution in [0.1, 0.15) is 24.1 Å². The molecule has 0 saturated carbocycles. The Morgan fingerprint density at radius 1 is 1.26 bits per heavy atom. The lowest BCUT2D eigenvalue weighted by Gasteiger charge is -2.20. The molecule has 2 aliphatic rings. The largest absolute Gasteiger partial charge is 0.481 e. The zero-order chi connectivity index (χ0) is 15.8. The van der Waals surface area contributed by atoms with Crippen molar-refractivity contribution >= 4 is 11.8 Å². The molecular formula is C17H18N4O2. The van der Waals surface area contributed by atoms with E-state index in [1.807, 2.05) is 18.2 Å². The van der Waals surface area contributed by atoms with Crippen molar-refractivity contribution in [2.24, 2.45) is 5.92 Å². The first kappa shape index (κ1) is 14.1. The lowest BCUT2D eigenvalue weighted by Crippen LogP contribution is -2.25. The van der Waals surface area contributed by atoms with Crippen LogP contribution >= 0.6 is 0 Å². The van der Waals surface area contributed by atoms with Gasteiger partial charge in [-0.2, -0.15) is 0 Å². The average Bonchev–Trinajstić information content (AvgIpc) is 3.24. The van der Waals surface area contributed by atoms with Gasteiger partial charge in [0.2, 0.25) is 0 Å². The first-order valence-electron chi connectivity index (χ1n) is 8.01. The monoisotopic (exact) mass is 310 g/mol. The molecule has 0 amide bonds. The fourth-order valence-electron chi connectivity index (χ4n) is 3.44. The van der Waals surface area contributed by atoms with E-state index >= 15 is 0 Å². The summed E-state index contributed by atoms with van der Waals surface area (Å²) in [5, 5.41) is 9.23. The number of aromatic nitrogens is 3. The van der Waals surface area contributed by atoms with Crippen LogP contribution in [0.3, 0.4) is 0 Å². The number of hydrogen-bond donors (Lipinski definition) is 1. The van der Waals surface area contributed by atoms with Crippen molar-refractivity contribution in [2.45, 2.75) is 25.7 Å². The van der Waals surface area contributed by atoms with E-state index in [0.29, 0.717) is 18.8 Å². The van der Waals surface area contributed by atoms with E-state index in [4.69, 9.17) is 9.97 Å². The molecule has 1 aliphatic carbocycles. The lowest BCUT2D eigenvalue weighted by molar-refractivity contribution is -0.140. The molecule has 23 heavy (non-hydrogen) atoms. The van der Waals surface area contributed by atoms with E-state index in [1.165, 1.54) is 5.56 Å². The summed E-state index contributed by atoms with van der Waals surface area (Å²) in [5.74, 6) is 0.528. The summed E-state index contributed by atoms with van der Waals surface area (Å²) >= 11 is 0. The van der Waals surface area contributed by atoms with Crippen LogP contribution in [0.25, 0.3) is 11.5 Å². The first-order valence-corrected chi connectivity index (χ1v) is 8.01. The molecule has 6 heteroatoms. The maximum Gasteiger partial charge on any atom is 0.308 e. The maximum atomic E-state index is 11.2. The Bertz CT molecular complexity index is 748. The lowest BCUT2D eigenvalue weighted by atomic mass is 10.1. The van der Waals surface area contributed by atoms with E-state index in [-0.39, 0.29) is 5.92 Å². The molecule has 4 rings (SSSR count). The molecule has 0 spiro atoms. The second kappa shape index (κ2) is 5.61. The van der Waals surface area contributed by atoms with Crippen molar-refractivity contribution in [1.29, 1.82) is 0 Å². The number of carboxylic acid groups (broad SMARTS) is 1. The highest BCUT2D eigenvalue weighted by atomic mass is 16.4. The van der Waals surface area contributed by atoms with Crippen molar-refractivity contribution in [2.75, 3.05) is 18.0 Å². The molecule has 1 aliphatic heterocycles. The first-order chi connectivity index (χ1) is 11.2.